The van der Waals surface area contributed by atoms with Crippen LogP contribution in [0.1, 0.15) is 23.1 Å². The summed E-state index contributed by atoms with van der Waals surface area (Å²) in [5, 5.41) is 5.77. The Morgan fingerprint density at radius 3 is 2.29 bits per heavy atom. The van der Waals surface area contributed by atoms with Gasteiger partial charge in [0.25, 0.3) is 0 Å². The van der Waals surface area contributed by atoms with Crippen molar-refractivity contribution in [2.24, 2.45) is 4.99 Å². The normalized spacial score (nSPS) is 15.6. The third-order valence-electron chi connectivity index (χ3n) is 5.99. The Bertz CT molecular complexity index is 1600. The molecule has 4 aromatic carbocycles. The van der Waals surface area contributed by atoms with Crippen LogP contribution in [-0.2, 0) is 0 Å². The number of nitrogens with one attached hydrogen (secondary N) is 1. The molecule has 0 amide bonds. The first-order valence-electron chi connectivity index (χ1n) is 11.2. The van der Waals surface area contributed by atoms with Crippen LogP contribution >= 0.6 is 15.9 Å². The lowest BCUT2D eigenvalue weighted by molar-refractivity contribution is 0.669. The van der Waals surface area contributed by atoms with Crippen LogP contribution in [0.5, 0.6) is 0 Å². The van der Waals surface area contributed by atoms with Crippen molar-refractivity contribution < 1.29 is 4.42 Å². The van der Waals surface area contributed by atoms with Crippen molar-refractivity contribution in [2.75, 3.05) is 0 Å². The summed E-state index contributed by atoms with van der Waals surface area (Å²) in [6.07, 6.45) is 5.19. The fourth-order valence-electron chi connectivity index (χ4n) is 4.38. The molecule has 0 saturated heterocycles. The molecule has 0 radical (unpaired) electrons. The first-order valence-corrected chi connectivity index (χ1v) is 12.0. The van der Waals surface area contributed by atoms with Crippen LogP contribution in [0.25, 0.3) is 33.3 Å². The lowest BCUT2D eigenvalue weighted by Crippen LogP contribution is -2.24. The van der Waals surface area contributed by atoms with Crippen molar-refractivity contribution in [1.82, 2.24) is 5.32 Å². The molecule has 1 N–H and O–H groups in total. The standard InChI is InChI=1S/C30H21BrN2O/c31-22-17-18-27-24(19-22)29-23(13-7-16-28(29)34-27)30-32-25(20-9-3-1-4-10-20)14-8-15-26(33-30)21-11-5-2-6-12-21/h1-7,9-19H,8H2,(H,32,33)/b25-14+,26-15?. The minimum atomic E-state index is 0.782. The third-order valence-corrected chi connectivity index (χ3v) is 6.48. The van der Waals surface area contributed by atoms with Crippen LogP contribution < -0.4 is 5.32 Å². The zero-order chi connectivity index (χ0) is 22.9. The summed E-state index contributed by atoms with van der Waals surface area (Å²) >= 11 is 3.62. The van der Waals surface area contributed by atoms with E-state index in [1.165, 1.54) is 0 Å². The molecule has 2 heterocycles. The molecule has 164 valence electrons. The van der Waals surface area contributed by atoms with E-state index in [0.717, 1.165) is 66.8 Å². The number of hydrogen-bond donors (Lipinski definition) is 1. The molecule has 0 saturated carbocycles. The lowest BCUT2D eigenvalue weighted by atomic mass is 10.0. The van der Waals surface area contributed by atoms with Gasteiger partial charge in [0.1, 0.15) is 17.0 Å². The van der Waals surface area contributed by atoms with Gasteiger partial charge in [-0.25, -0.2) is 4.99 Å². The highest BCUT2D eigenvalue weighted by molar-refractivity contribution is 9.10. The largest absolute Gasteiger partial charge is 0.456 e. The van der Waals surface area contributed by atoms with Crippen molar-refractivity contribution in [3.63, 3.8) is 0 Å². The maximum atomic E-state index is 6.18. The predicted molar refractivity (Wildman–Crippen MR) is 145 cm³/mol. The topological polar surface area (TPSA) is 37.5 Å². The zero-order valence-electron chi connectivity index (χ0n) is 18.3. The molecule has 0 aliphatic carbocycles. The van der Waals surface area contributed by atoms with Gasteiger partial charge in [0.15, 0.2) is 0 Å². The average molecular weight is 505 g/mol. The minimum Gasteiger partial charge on any atom is -0.456 e. The van der Waals surface area contributed by atoms with Crippen LogP contribution in [-0.4, -0.2) is 5.84 Å². The Kier molecular flexibility index (Phi) is 5.36. The van der Waals surface area contributed by atoms with Gasteiger partial charge in [-0.1, -0.05) is 101 Å². The number of benzene rings is 4. The van der Waals surface area contributed by atoms with E-state index in [1.54, 1.807) is 0 Å². The number of halogens is 1. The molecule has 1 aromatic heterocycles. The van der Waals surface area contributed by atoms with Gasteiger partial charge in [0.2, 0.25) is 0 Å². The van der Waals surface area contributed by atoms with E-state index in [9.17, 15) is 0 Å². The molecule has 0 atom stereocenters. The predicted octanol–water partition coefficient (Wildman–Crippen LogP) is 8.17. The summed E-state index contributed by atoms with van der Waals surface area (Å²) in [4.78, 5) is 5.18. The molecule has 0 fully saturated rings. The van der Waals surface area contributed by atoms with E-state index in [-0.39, 0.29) is 0 Å². The number of aliphatic imine (C=N–C) groups is 1. The van der Waals surface area contributed by atoms with Crippen LogP contribution in [0.4, 0.5) is 0 Å². The monoisotopic (exact) mass is 504 g/mol. The van der Waals surface area contributed by atoms with Crippen LogP contribution in [0.3, 0.4) is 0 Å². The molecule has 0 spiro atoms. The van der Waals surface area contributed by atoms with Gasteiger partial charge in [-0.15, -0.1) is 0 Å². The van der Waals surface area contributed by atoms with E-state index in [1.807, 2.05) is 48.5 Å². The Hall–Kier alpha value is -3.89. The van der Waals surface area contributed by atoms with E-state index >= 15 is 0 Å². The number of fused-ring (bicyclic) bond motifs is 3. The molecule has 5 aromatic rings. The highest BCUT2D eigenvalue weighted by Gasteiger charge is 2.18. The van der Waals surface area contributed by atoms with Crippen molar-refractivity contribution >= 4 is 55.1 Å². The molecule has 1 aliphatic rings. The third kappa shape index (κ3) is 3.87. The van der Waals surface area contributed by atoms with Crippen molar-refractivity contribution in [2.45, 2.75) is 6.42 Å². The summed E-state index contributed by atoms with van der Waals surface area (Å²) < 4.78 is 7.20. The smallest absolute Gasteiger partial charge is 0.139 e. The molecule has 6 rings (SSSR count). The Morgan fingerprint density at radius 1 is 0.735 bits per heavy atom. The lowest BCUT2D eigenvalue weighted by Gasteiger charge is -2.18. The number of hydrogen-bond acceptors (Lipinski definition) is 3. The highest BCUT2D eigenvalue weighted by atomic mass is 79.9. The second kappa shape index (κ2) is 8.81. The number of amidine groups is 1. The van der Waals surface area contributed by atoms with Gasteiger partial charge < -0.3 is 9.73 Å². The molecular formula is C30H21BrN2O. The van der Waals surface area contributed by atoms with E-state index < -0.39 is 0 Å². The van der Waals surface area contributed by atoms with Crippen molar-refractivity contribution in [3.05, 3.63) is 130 Å². The summed E-state index contributed by atoms with van der Waals surface area (Å²) in [5.41, 5.74) is 6.89. The Morgan fingerprint density at radius 2 is 1.50 bits per heavy atom. The van der Waals surface area contributed by atoms with Gasteiger partial charge >= 0.3 is 0 Å². The van der Waals surface area contributed by atoms with Gasteiger partial charge in [-0.3, -0.25) is 0 Å². The quantitative estimate of drug-likeness (QED) is 0.269. The van der Waals surface area contributed by atoms with Crippen LogP contribution in [0.2, 0.25) is 0 Å². The molecule has 0 bridgehead atoms. The number of allylic oxidation sites excluding steroid dienone is 2. The fourth-order valence-corrected chi connectivity index (χ4v) is 4.75. The summed E-state index contributed by atoms with van der Waals surface area (Å²) in [5.74, 6) is 0.790. The second-order valence-corrected chi connectivity index (χ2v) is 9.10. The van der Waals surface area contributed by atoms with Gasteiger partial charge in [-0.2, -0.15) is 0 Å². The molecule has 0 unspecified atom stereocenters. The molecule has 4 heteroatoms. The van der Waals surface area contributed by atoms with Gasteiger partial charge in [0.05, 0.1) is 5.70 Å². The summed E-state index contributed by atoms with van der Waals surface area (Å²) in [7, 11) is 0. The number of furan rings is 1. The van der Waals surface area contributed by atoms with E-state index in [2.05, 4.69) is 81.9 Å². The van der Waals surface area contributed by atoms with Gasteiger partial charge in [0, 0.05) is 26.5 Å². The van der Waals surface area contributed by atoms with Gasteiger partial charge in [-0.05, 0) is 41.8 Å². The molecule has 3 nitrogen and oxygen atoms in total. The van der Waals surface area contributed by atoms with E-state index in [0.29, 0.717) is 0 Å². The fraction of sp³-hybridized carbons (Fsp3) is 0.0333. The maximum absolute atomic E-state index is 6.18. The van der Waals surface area contributed by atoms with Crippen LogP contribution in [0, 0.1) is 0 Å². The van der Waals surface area contributed by atoms with Crippen molar-refractivity contribution in [3.8, 4) is 0 Å². The first-order chi connectivity index (χ1) is 16.8. The minimum absolute atomic E-state index is 0.782. The SMILES string of the molecule is Brc1ccc2oc3cccc(C4=N/C(c5ccccc5)=C/CC=C(c5ccccc5)N4)c3c2c1. The first kappa shape index (κ1) is 20.7. The van der Waals surface area contributed by atoms with Crippen LogP contribution in [0.15, 0.2) is 123 Å². The number of nitrogens with zero attached hydrogens (tertiary/aromatic N) is 1. The summed E-state index contributed by atoms with van der Waals surface area (Å²) in [6, 6.07) is 32.9. The zero-order valence-corrected chi connectivity index (χ0v) is 19.9. The van der Waals surface area contributed by atoms with E-state index in [4.69, 9.17) is 9.41 Å². The maximum Gasteiger partial charge on any atom is 0.139 e. The molecular weight excluding hydrogens is 484 g/mol. The second-order valence-electron chi connectivity index (χ2n) is 8.18. The van der Waals surface area contributed by atoms with Crippen molar-refractivity contribution in [1.29, 1.82) is 0 Å². The average Bonchev–Trinajstić information content (AvgIpc) is 3.23. The molecule has 1 aliphatic heterocycles. The number of rotatable bonds is 3. The summed E-state index contributed by atoms with van der Waals surface area (Å²) in [6.45, 7) is 0. The Balaban J connectivity index is 1.59. The highest BCUT2D eigenvalue weighted by Crippen LogP contribution is 2.34. The molecule has 34 heavy (non-hydrogen) atoms. The Labute approximate surface area is 206 Å².